The number of carboxylic acids is 1. The molecule has 0 aromatic heterocycles. The number of alkyl carbamates (subject to hydrolysis) is 1. The van der Waals surface area contributed by atoms with E-state index in [0.717, 1.165) is 0 Å². The minimum absolute atomic E-state index is 0.0374. The van der Waals surface area contributed by atoms with Crippen LogP contribution in [0, 0.1) is 11.8 Å². The van der Waals surface area contributed by atoms with Crippen molar-refractivity contribution in [3.63, 3.8) is 0 Å². The lowest BCUT2D eigenvalue weighted by Crippen LogP contribution is -2.47. The van der Waals surface area contributed by atoms with E-state index in [-0.39, 0.29) is 18.1 Å². The molecule has 0 bridgehead atoms. The highest BCUT2D eigenvalue weighted by molar-refractivity contribution is 6.74. The highest BCUT2D eigenvalue weighted by Crippen LogP contribution is 2.37. The molecule has 0 saturated carbocycles. The molecule has 0 heterocycles. The predicted octanol–water partition coefficient (Wildman–Crippen LogP) is 3.97. The average Bonchev–Trinajstić information content (AvgIpc) is 2.56. The van der Waals surface area contributed by atoms with Gasteiger partial charge in [-0.1, -0.05) is 26.8 Å². The van der Waals surface area contributed by atoms with Crippen molar-refractivity contribution in [2.24, 2.45) is 11.8 Å². The van der Waals surface area contributed by atoms with Crippen LogP contribution in [-0.4, -0.2) is 56.8 Å². The van der Waals surface area contributed by atoms with Crippen LogP contribution in [0.1, 0.15) is 48.0 Å². The summed E-state index contributed by atoms with van der Waals surface area (Å²) < 4.78 is 16.1. The number of carbonyl (C=O) groups excluding carboxylic acids is 2. The molecule has 0 fully saturated rings. The molecule has 0 aromatic rings. The van der Waals surface area contributed by atoms with Crippen molar-refractivity contribution in [2.75, 3.05) is 13.7 Å². The number of aliphatic carboxylic acids is 1. The van der Waals surface area contributed by atoms with E-state index in [0.29, 0.717) is 0 Å². The summed E-state index contributed by atoms with van der Waals surface area (Å²) >= 11 is 0. The fourth-order valence-electron chi connectivity index (χ4n) is 2.39. The molecule has 0 aromatic carbocycles. The summed E-state index contributed by atoms with van der Waals surface area (Å²) in [6.07, 6.45) is 0.515. The molecule has 0 rings (SSSR count). The second-order valence-electron chi connectivity index (χ2n) is 9.87. The Morgan fingerprint density at radius 3 is 2.03 bits per heavy atom. The Morgan fingerprint density at radius 1 is 1.13 bits per heavy atom. The van der Waals surface area contributed by atoms with Crippen molar-refractivity contribution in [1.82, 2.24) is 5.32 Å². The molecule has 30 heavy (non-hydrogen) atoms. The normalized spacial score (nSPS) is 15.5. The molecule has 2 unspecified atom stereocenters. The lowest BCUT2D eigenvalue weighted by molar-refractivity contribution is -0.147. The number of hydrogen-bond donors (Lipinski definition) is 2. The molecule has 0 aliphatic heterocycles. The average molecular weight is 446 g/mol. The van der Waals surface area contributed by atoms with Crippen LogP contribution in [0.4, 0.5) is 4.79 Å². The minimum Gasteiger partial charge on any atom is -0.481 e. The largest absolute Gasteiger partial charge is 0.481 e. The molecule has 0 aliphatic rings. The summed E-state index contributed by atoms with van der Waals surface area (Å²) in [5.74, 6) is -3.42. The molecule has 8 nitrogen and oxygen atoms in total. The third-order valence-electron chi connectivity index (χ3n) is 5.25. The van der Waals surface area contributed by atoms with Gasteiger partial charge in [0.25, 0.3) is 0 Å². The van der Waals surface area contributed by atoms with E-state index in [2.05, 4.69) is 45.8 Å². The van der Waals surface area contributed by atoms with E-state index >= 15 is 0 Å². The van der Waals surface area contributed by atoms with E-state index in [1.807, 2.05) is 0 Å². The van der Waals surface area contributed by atoms with Crippen molar-refractivity contribution in [3.05, 3.63) is 12.7 Å². The van der Waals surface area contributed by atoms with Crippen LogP contribution >= 0.6 is 0 Å². The molecule has 0 radical (unpaired) electrons. The lowest BCUT2D eigenvalue weighted by Gasteiger charge is -2.37. The van der Waals surface area contributed by atoms with Gasteiger partial charge in [0.15, 0.2) is 8.32 Å². The third-order valence-corrected chi connectivity index (χ3v) is 9.75. The van der Waals surface area contributed by atoms with E-state index < -0.39 is 49.8 Å². The Bertz CT molecular complexity index is 620. The molecule has 3 atom stereocenters. The first-order valence-corrected chi connectivity index (χ1v) is 12.9. The highest BCUT2D eigenvalue weighted by atomic mass is 28.4. The van der Waals surface area contributed by atoms with E-state index in [1.54, 1.807) is 20.8 Å². The van der Waals surface area contributed by atoms with Crippen molar-refractivity contribution in [3.8, 4) is 0 Å². The molecule has 1 amide bonds. The monoisotopic (exact) mass is 445 g/mol. The van der Waals surface area contributed by atoms with Crippen molar-refractivity contribution in [2.45, 2.75) is 77.7 Å². The van der Waals surface area contributed by atoms with Gasteiger partial charge < -0.3 is 24.3 Å². The zero-order chi connectivity index (χ0) is 23.9. The summed E-state index contributed by atoms with van der Waals surface area (Å²) in [4.78, 5) is 36.3. The smallest absolute Gasteiger partial charge is 0.408 e. The van der Waals surface area contributed by atoms with E-state index in [9.17, 15) is 19.5 Å². The van der Waals surface area contributed by atoms with Crippen molar-refractivity contribution >= 4 is 26.3 Å². The Balaban J connectivity index is 5.49. The zero-order valence-electron chi connectivity index (χ0n) is 19.8. The van der Waals surface area contributed by atoms with Crippen LogP contribution < -0.4 is 5.32 Å². The van der Waals surface area contributed by atoms with Gasteiger partial charge >= 0.3 is 18.0 Å². The number of amides is 1. The lowest BCUT2D eigenvalue weighted by atomic mass is 9.87. The van der Waals surface area contributed by atoms with E-state index in [4.69, 9.17) is 13.9 Å². The summed E-state index contributed by atoms with van der Waals surface area (Å²) in [6, 6.07) is -1.18. The van der Waals surface area contributed by atoms with Crippen LogP contribution in [0.25, 0.3) is 0 Å². The maximum Gasteiger partial charge on any atom is 0.408 e. The molecule has 9 heteroatoms. The van der Waals surface area contributed by atoms with Gasteiger partial charge in [0.2, 0.25) is 0 Å². The quantitative estimate of drug-likeness (QED) is 0.297. The second kappa shape index (κ2) is 10.9. The molecular formula is C21H39NO7Si. The van der Waals surface area contributed by atoms with Gasteiger partial charge in [0.05, 0.1) is 13.0 Å². The Hall–Kier alpha value is -1.87. The van der Waals surface area contributed by atoms with Crippen LogP contribution in [0.15, 0.2) is 12.7 Å². The maximum absolute atomic E-state index is 12.2. The van der Waals surface area contributed by atoms with Crippen LogP contribution in [0.2, 0.25) is 18.1 Å². The highest BCUT2D eigenvalue weighted by Gasteiger charge is 2.39. The van der Waals surface area contributed by atoms with Crippen LogP contribution in [0.5, 0.6) is 0 Å². The topological polar surface area (TPSA) is 111 Å². The van der Waals surface area contributed by atoms with Gasteiger partial charge in [0, 0.05) is 12.5 Å². The Morgan fingerprint density at radius 2 is 1.67 bits per heavy atom. The summed E-state index contributed by atoms with van der Waals surface area (Å²) in [7, 11) is -0.934. The van der Waals surface area contributed by atoms with Gasteiger partial charge in [-0.2, -0.15) is 0 Å². The molecular weight excluding hydrogens is 406 g/mol. The van der Waals surface area contributed by atoms with Crippen LogP contribution in [0.3, 0.4) is 0 Å². The first-order valence-electron chi connectivity index (χ1n) is 10.0. The third kappa shape index (κ3) is 9.29. The molecule has 2 N–H and O–H groups in total. The van der Waals surface area contributed by atoms with Gasteiger partial charge in [-0.25, -0.2) is 9.59 Å². The predicted molar refractivity (Wildman–Crippen MR) is 118 cm³/mol. The summed E-state index contributed by atoms with van der Waals surface area (Å²) in [5.41, 5.74) is -0.766. The number of ether oxygens (including phenoxy) is 2. The van der Waals surface area contributed by atoms with Gasteiger partial charge in [0.1, 0.15) is 11.6 Å². The summed E-state index contributed by atoms with van der Waals surface area (Å²) in [5, 5.41) is 12.2. The first-order chi connectivity index (χ1) is 13.4. The number of methoxy groups -OCH3 is 1. The number of esters is 1. The standard InChI is InChI=1S/C21H39NO7Si/c1-11-14(13-28-30(9,10)21(5,6)7)15(17(23)24)12-16(18(25)27-8)22-19(26)29-20(2,3)4/h11,14-16H,1,12-13H2,2-10H3,(H,22,26)(H,23,24)/t14?,15?,16-/m0/s1. The Kier molecular flexibility index (Phi) is 10.3. The van der Waals surface area contributed by atoms with E-state index in [1.165, 1.54) is 13.2 Å². The van der Waals surface area contributed by atoms with Crippen molar-refractivity contribution < 1.29 is 33.4 Å². The molecule has 0 spiro atoms. The zero-order valence-corrected chi connectivity index (χ0v) is 20.8. The fourth-order valence-corrected chi connectivity index (χ4v) is 3.43. The number of nitrogens with one attached hydrogen (secondary N) is 1. The fraction of sp³-hybridized carbons (Fsp3) is 0.762. The van der Waals surface area contributed by atoms with Crippen molar-refractivity contribution in [1.29, 1.82) is 0 Å². The molecule has 0 saturated heterocycles. The first kappa shape index (κ1) is 28.1. The van der Waals surface area contributed by atoms with Gasteiger partial charge in [-0.15, -0.1) is 6.58 Å². The molecule has 0 aliphatic carbocycles. The summed E-state index contributed by atoms with van der Waals surface area (Å²) in [6.45, 7) is 19.4. The Labute approximate surface area is 181 Å². The minimum atomic E-state index is -2.11. The second-order valence-corrected chi connectivity index (χ2v) is 14.7. The maximum atomic E-state index is 12.2. The number of hydrogen-bond acceptors (Lipinski definition) is 6. The van der Waals surface area contributed by atoms with Gasteiger partial charge in [-0.3, -0.25) is 4.79 Å². The van der Waals surface area contributed by atoms with Gasteiger partial charge in [-0.05, 0) is 45.3 Å². The van der Waals surface area contributed by atoms with Crippen LogP contribution in [-0.2, 0) is 23.5 Å². The number of carbonyl (C=O) groups is 3. The molecule has 174 valence electrons. The SMILES string of the molecule is C=CC(CO[Si](C)(C)C(C)(C)C)C(C[C@H](NC(=O)OC(C)(C)C)C(=O)OC)C(=O)O. The number of carboxylic acid groups (broad SMARTS) is 1. The number of rotatable bonds is 10.